The number of amides is 1. The summed E-state index contributed by atoms with van der Waals surface area (Å²) in [7, 11) is 0. The predicted octanol–water partition coefficient (Wildman–Crippen LogP) is 5.58. The van der Waals surface area contributed by atoms with Gasteiger partial charge in [-0.05, 0) is 55.5 Å². The Balaban J connectivity index is 1.71. The quantitative estimate of drug-likeness (QED) is 0.442. The van der Waals surface area contributed by atoms with E-state index in [2.05, 4.69) is 5.32 Å². The van der Waals surface area contributed by atoms with Gasteiger partial charge in [0.1, 0.15) is 11.4 Å². The Morgan fingerprint density at radius 3 is 2.58 bits per heavy atom. The summed E-state index contributed by atoms with van der Waals surface area (Å²) in [6, 6.07) is 17.4. The number of nitrogens with one attached hydrogen (secondary N) is 1. The van der Waals surface area contributed by atoms with E-state index < -0.39 is 23.8 Å². The van der Waals surface area contributed by atoms with E-state index in [1.807, 2.05) is 13.0 Å². The molecule has 5 nitrogen and oxygen atoms in total. The van der Waals surface area contributed by atoms with E-state index in [4.69, 9.17) is 20.8 Å². The molecule has 4 aromatic rings. The zero-order chi connectivity index (χ0) is 22.0. The van der Waals surface area contributed by atoms with Crippen LogP contribution in [0.5, 0.6) is 5.75 Å². The van der Waals surface area contributed by atoms with E-state index in [0.29, 0.717) is 27.2 Å². The summed E-state index contributed by atoms with van der Waals surface area (Å²) in [5.41, 5.74) is 1.73. The summed E-state index contributed by atoms with van der Waals surface area (Å²) in [6.45, 7) is 1.41. The highest BCUT2D eigenvalue weighted by atomic mass is 35.5. The van der Waals surface area contributed by atoms with Crippen LogP contribution >= 0.6 is 11.6 Å². The standard InChI is InChI=1S/C24H17ClFNO4/c1-14-6-11-20-18(12-14)22(29)24(23(31-20)17-4-2-3-5-19(17)25)30-13-21(28)27-16-9-7-15(26)8-10-16/h2-12H,13H2,1H3,(H,27,28). The highest BCUT2D eigenvalue weighted by Gasteiger charge is 2.20. The normalized spacial score (nSPS) is 10.8. The summed E-state index contributed by atoms with van der Waals surface area (Å²) < 4.78 is 24.6. The SMILES string of the molecule is Cc1ccc2oc(-c3ccccc3Cl)c(OCC(=O)Nc3ccc(F)cc3)c(=O)c2c1. The van der Waals surface area contributed by atoms with Gasteiger partial charge in [0.05, 0.1) is 10.4 Å². The molecule has 0 fully saturated rings. The van der Waals surface area contributed by atoms with Gasteiger partial charge in [0, 0.05) is 11.3 Å². The minimum atomic E-state index is -0.513. The van der Waals surface area contributed by atoms with Crippen molar-refractivity contribution in [3.8, 4) is 17.1 Å². The molecule has 0 spiro atoms. The Morgan fingerprint density at radius 1 is 1.10 bits per heavy atom. The number of carbonyl (C=O) groups is 1. The van der Waals surface area contributed by atoms with Gasteiger partial charge >= 0.3 is 0 Å². The third kappa shape index (κ3) is 4.44. The first-order chi connectivity index (χ1) is 14.9. The molecule has 3 aromatic carbocycles. The molecule has 1 heterocycles. The number of carbonyl (C=O) groups excluding carboxylic acids is 1. The Kier molecular flexibility index (Phi) is 5.73. The number of aryl methyl sites for hydroxylation is 1. The maximum Gasteiger partial charge on any atom is 0.262 e. The van der Waals surface area contributed by atoms with Crippen molar-refractivity contribution in [2.75, 3.05) is 11.9 Å². The first-order valence-corrected chi connectivity index (χ1v) is 9.81. The minimum absolute atomic E-state index is 0.111. The first kappa shape index (κ1) is 20.6. The van der Waals surface area contributed by atoms with Gasteiger partial charge in [-0.1, -0.05) is 35.4 Å². The second kappa shape index (κ2) is 8.62. The summed E-state index contributed by atoms with van der Waals surface area (Å²) in [6.07, 6.45) is 0. The highest BCUT2D eigenvalue weighted by molar-refractivity contribution is 6.33. The summed E-state index contributed by atoms with van der Waals surface area (Å²) in [4.78, 5) is 25.5. The van der Waals surface area contributed by atoms with Gasteiger partial charge in [-0.25, -0.2) is 4.39 Å². The second-order valence-electron chi connectivity index (χ2n) is 6.91. The molecular weight excluding hydrogens is 421 g/mol. The fourth-order valence-corrected chi connectivity index (χ4v) is 3.34. The van der Waals surface area contributed by atoms with Crippen molar-refractivity contribution in [2.45, 2.75) is 6.92 Å². The Hall–Kier alpha value is -3.64. The molecule has 156 valence electrons. The van der Waals surface area contributed by atoms with Gasteiger partial charge in [0.25, 0.3) is 5.91 Å². The topological polar surface area (TPSA) is 68.5 Å². The molecular formula is C24H17ClFNO4. The minimum Gasteiger partial charge on any atom is -0.476 e. The van der Waals surface area contributed by atoms with Crippen LogP contribution in [-0.2, 0) is 4.79 Å². The van der Waals surface area contributed by atoms with E-state index in [9.17, 15) is 14.0 Å². The number of ether oxygens (including phenoxy) is 1. The van der Waals surface area contributed by atoms with E-state index in [1.54, 1.807) is 36.4 Å². The van der Waals surface area contributed by atoms with Crippen molar-refractivity contribution in [3.63, 3.8) is 0 Å². The first-order valence-electron chi connectivity index (χ1n) is 9.43. The van der Waals surface area contributed by atoms with Crippen LogP contribution in [0.1, 0.15) is 5.56 Å². The van der Waals surface area contributed by atoms with Crippen molar-refractivity contribution in [1.82, 2.24) is 0 Å². The Labute approximate surface area is 182 Å². The van der Waals surface area contributed by atoms with Gasteiger partial charge in [0.2, 0.25) is 11.2 Å². The third-order valence-electron chi connectivity index (χ3n) is 4.60. The van der Waals surface area contributed by atoms with Gasteiger partial charge in [0.15, 0.2) is 12.4 Å². The monoisotopic (exact) mass is 437 g/mol. The third-order valence-corrected chi connectivity index (χ3v) is 4.93. The van der Waals surface area contributed by atoms with E-state index in [0.717, 1.165) is 5.56 Å². The van der Waals surface area contributed by atoms with Crippen LogP contribution < -0.4 is 15.5 Å². The number of hydrogen-bond donors (Lipinski definition) is 1. The molecule has 0 aliphatic carbocycles. The number of anilines is 1. The van der Waals surface area contributed by atoms with Gasteiger partial charge < -0.3 is 14.5 Å². The molecule has 0 radical (unpaired) electrons. The largest absolute Gasteiger partial charge is 0.476 e. The number of rotatable bonds is 5. The molecule has 0 unspecified atom stereocenters. The van der Waals surface area contributed by atoms with Crippen molar-refractivity contribution in [3.05, 3.63) is 93.4 Å². The highest BCUT2D eigenvalue weighted by Crippen LogP contribution is 2.35. The molecule has 0 saturated heterocycles. The molecule has 4 rings (SSSR count). The number of fused-ring (bicyclic) bond motifs is 1. The van der Waals surface area contributed by atoms with E-state index in [-0.39, 0.29) is 11.5 Å². The van der Waals surface area contributed by atoms with Crippen LogP contribution in [0.4, 0.5) is 10.1 Å². The predicted molar refractivity (Wildman–Crippen MR) is 118 cm³/mol. The fourth-order valence-electron chi connectivity index (χ4n) is 3.11. The average Bonchev–Trinajstić information content (AvgIpc) is 2.75. The van der Waals surface area contributed by atoms with Crippen LogP contribution in [0, 0.1) is 12.7 Å². The molecule has 0 bridgehead atoms. The number of hydrogen-bond acceptors (Lipinski definition) is 4. The van der Waals surface area contributed by atoms with Crippen LogP contribution in [0.15, 0.2) is 75.9 Å². The molecule has 0 aliphatic rings. The summed E-state index contributed by atoms with van der Waals surface area (Å²) >= 11 is 6.31. The smallest absolute Gasteiger partial charge is 0.262 e. The molecule has 1 amide bonds. The zero-order valence-electron chi connectivity index (χ0n) is 16.4. The van der Waals surface area contributed by atoms with E-state index >= 15 is 0 Å². The molecule has 0 atom stereocenters. The number of benzene rings is 3. The lowest BCUT2D eigenvalue weighted by Crippen LogP contribution is -2.22. The molecule has 1 N–H and O–H groups in total. The maximum atomic E-state index is 13.2. The lowest BCUT2D eigenvalue weighted by atomic mass is 10.1. The maximum absolute atomic E-state index is 13.2. The van der Waals surface area contributed by atoms with E-state index in [1.165, 1.54) is 24.3 Å². The second-order valence-corrected chi connectivity index (χ2v) is 7.32. The lowest BCUT2D eigenvalue weighted by Gasteiger charge is -2.13. The van der Waals surface area contributed by atoms with Crippen LogP contribution in [0.3, 0.4) is 0 Å². The van der Waals surface area contributed by atoms with Crippen molar-refractivity contribution in [2.24, 2.45) is 0 Å². The molecule has 0 saturated carbocycles. The molecule has 7 heteroatoms. The molecule has 31 heavy (non-hydrogen) atoms. The zero-order valence-corrected chi connectivity index (χ0v) is 17.2. The van der Waals surface area contributed by atoms with Gasteiger partial charge in [-0.15, -0.1) is 0 Å². The summed E-state index contributed by atoms with van der Waals surface area (Å²) in [5.74, 6) is -0.898. The molecule has 1 aromatic heterocycles. The molecule has 0 aliphatic heterocycles. The summed E-state index contributed by atoms with van der Waals surface area (Å²) in [5, 5.41) is 3.30. The fraction of sp³-hybridized carbons (Fsp3) is 0.0833. The Morgan fingerprint density at radius 2 is 1.84 bits per heavy atom. The van der Waals surface area contributed by atoms with Crippen LogP contribution in [-0.4, -0.2) is 12.5 Å². The van der Waals surface area contributed by atoms with Crippen molar-refractivity contribution < 1.29 is 18.3 Å². The lowest BCUT2D eigenvalue weighted by molar-refractivity contribution is -0.118. The number of halogens is 2. The van der Waals surface area contributed by atoms with Gasteiger partial charge in [-0.3, -0.25) is 9.59 Å². The van der Waals surface area contributed by atoms with Gasteiger partial charge in [-0.2, -0.15) is 0 Å². The van der Waals surface area contributed by atoms with Crippen LogP contribution in [0.2, 0.25) is 5.02 Å². The Bertz CT molecular complexity index is 1330. The average molecular weight is 438 g/mol. The van der Waals surface area contributed by atoms with Crippen LogP contribution in [0.25, 0.3) is 22.3 Å². The van der Waals surface area contributed by atoms with Crippen molar-refractivity contribution in [1.29, 1.82) is 0 Å². The van der Waals surface area contributed by atoms with Crippen molar-refractivity contribution >= 4 is 34.2 Å².